The Kier molecular flexibility index (Phi) is 6.54. The molecule has 1 atom stereocenters. The largest absolute Gasteiger partial charge is 0.481 e. The highest BCUT2D eigenvalue weighted by Gasteiger charge is 2.50. The highest BCUT2D eigenvalue weighted by molar-refractivity contribution is 6.99. The Labute approximate surface area is 178 Å². The Bertz CT molecular complexity index is 927. The average Bonchev–Trinajstić information content (AvgIpc) is 2.72. The molecule has 0 bridgehead atoms. The van der Waals surface area contributed by atoms with E-state index in [0.717, 1.165) is 10.4 Å². The zero-order valence-corrected chi connectivity index (χ0v) is 18.5. The molecule has 5 heteroatoms. The van der Waals surface area contributed by atoms with Gasteiger partial charge in [-0.3, -0.25) is 4.79 Å². The SMILES string of the molecule is CC(C)(C)[Si](OCC(C(=O)O)c1ccc(F)cc1)(c1ccccc1)c1ccccc1. The maximum atomic E-state index is 13.4. The summed E-state index contributed by atoms with van der Waals surface area (Å²) in [5, 5.41) is 11.8. The highest BCUT2D eigenvalue weighted by atomic mass is 28.4. The molecule has 0 amide bonds. The van der Waals surface area contributed by atoms with Crippen LogP contribution in [0.1, 0.15) is 32.3 Å². The van der Waals surface area contributed by atoms with Gasteiger partial charge in [0.15, 0.2) is 0 Å². The van der Waals surface area contributed by atoms with Crippen LogP contribution in [0.25, 0.3) is 0 Å². The van der Waals surface area contributed by atoms with Crippen molar-refractivity contribution >= 4 is 24.7 Å². The molecule has 3 aromatic carbocycles. The van der Waals surface area contributed by atoms with Crippen LogP contribution in [0, 0.1) is 5.82 Å². The van der Waals surface area contributed by atoms with Gasteiger partial charge in [0.2, 0.25) is 0 Å². The third-order valence-electron chi connectivity index (χ3n) is 5.45. The maximum Gasteiger partial charge on any atom is 0.313 e. The van der Waals surface area contributed by atoms with Gasteiger partial charge in [-0.2, -0.15) is 0 Å². The fourth-order valence-electron chi connectivity index (χ4n) is 3.98. The Balaban J connectivity index is 2.08. The quantitative estimate of drug-likeness (QED) is 0.568. The third-order valence-corrected chi connectivity index (χ3v) is 10.5. The van der Waals surface area contributed by atoms with Crippen molar-refractivity contribution in [1.29, 1.82) is 0 Å². The van der Waals surface area contributed by atoms with E-state index in [-0.39, 0.29) is 11.6 Å². The molecule has 0 radical (unpaired) electrons. The van der Waals surface area contributed by atoms with Gasteiger partial charge in [-0.15, -0.1) is 0 Å². The lowest BCUT2D eigenvalue weighted by atomic mass is 10.0. The number of carboxylic acids is 1. The van der Waals surface area contributed by atoms with Gasteiger partial charge in [0.05, 0.1) is 6.61 Å². The summed E-state index contributed by atoms with van der Waals surface area (Å²) in [6, 6.07) is 25.8. The molecule has 0 saturated carbocycles. The highest BCUT2D eigenvalue weighted by Crippen LogP contribution is 2.37. The number of halogens is 1. The van der Waals surface area contributed by atoms with Gasteiger partial charge in [-0.05, 0) is 33.1 Å². The molecule has 0 aromatic heterocycles. The van der Waals surface area contributed by atoms with Crippen LogP contribution in [-0.4, -0.2) is 26.0 Å². The van der Waals surface area contributed by atoms with Crippen molar-refractivity contribution in [2.45, 2.75) is 31.7 Å². The third kappa shape index (κ3) is 4.37. The Morgan fingerprint density at radius 1 is 0.900 bits per heavy atom. The molecule has 0 aliphatic carbocycles. The monoisotopic (exact) mass is 422 g/mol. The molecule has 156 valence electrons. The number of rotatable bonds is 7. The maximum absolute atomic E-state index is 13.4. The van der Waals surface area contributed by atoms with Crippen molar-refractivity contribution in [3.8, 4) is 0 Å². The first-order chi connectivity index (χ1) is 14.3. The summed E-state index contributed by atoms with van der Waals surface area (Å²) >= 11 is 0. The van der Waals surface area contributed by atoms with Crippen LogP contribution in [-0.2, 0) is 9.22 Å². The summed E-state index contributed by atoms with van der Waals surface area (Å²) in [5.74, 6) is -2.26. The molecule has 0 heterocycles. The van der Waals surface area contributed by atoms with Gasteiger partial charge in [0.25, 0.3) is 8.32 Å². The van der Waals surface area contributed by atoms with Crippen LogP contribution >= 0.6 is 0 Å². The van der Waals surface area contributed by atoms with E-state index < -0.39 is 26.0 Å². The summed E-state index contributed by atoms with van der Waals surface area (Å²) in [6.07, 6.45) is 0. The second-order valence-corrected chi connectivity index (χ2v) is 12.7. The van der Waals surface area contributed by atoms with Crippen LogP contribution in [0.4, 0.5) is 4.39 Å². The van der Waals surface area contributed by atoms with Gasteiger partial charge in [0, 0.05) is 0 Å². The minimum atomic E-state index is -2.84. The average molecular weight is 423 g/mol. The Morgan fingerprint density at radius 2 is 1.37 bits per heavy atom. The topological polar surface area (TPSA) is 46.5 Å². The molecular formula is C25H27FO3Si. The normalized spacial score (nSPS) is 13.1. The van der Waals surface area contributed by atoms with E-state index in [2.05, 4.69) is 45.0 Å². The Morgan fingerprint density at radius 3 is 1.77 bits per heavy atom. The number of carboxylic acid groups (broad SMARTS) is 1. The van der Waals surface area contributed by atoms with Gasteiger partial charge in [-0.1, -0.05) is 93.6 Å². The van der Waals surface area contributed by atoms with Crippen LogP contribution in [0.15, 0.2) is 84.9 Å². The zero-order valence-electron chi connectivity index (χ0n) is 17.5. The second-order valence-electron chi connectivity index (χ2n) is 8.42. The Hall–Kier alpha value is -2.76. The minimum Gasteiger partial charge on any atom is -0.481 e. The molecule has 3 nitrogen and oxygen atoms in total. The van der Waals surface area contributed by atoms with Crippen molar-refractivity contribution in [3.63, 3.8) is 0 Å². The molecule has 0 aliphatic rings. The molecule has 0 aliphatic heterocycles. The summed E-state index contributed by atoms with van der Waals surface area (Å²) in [7, 11) is -2.84. The predicted octanol–water partition coefficient (Wildman–Crippen LogP) is 4.57. The molecule has 0 saturated heterocycles. The van der Waals surface area contributed by atoms with Crippen LogP contribution in [0.5, 0.6) is 0 Å². The van der Waals surface area contributed by atoms with E-state index in [0.29, 0.717) is 5.56 Å². The molecule has 30 heavy (non-hydrogen) atoms. The van der Waals surface area contributed by atoms with E-state index in [4.69, 9.17) is 4.43 Å². The van der Waals surface area contributed by atoms with E-state index in [1.54, 1.807) is 0 Å². The fourth-order valence-corrected chi connectivity index (χ4v) is 8.55. The van der Waals surface area contributed by atoms with Crippen molar-refractivity contribution in [1.82, 2.24) is 0 Å². The second kappa shape index (κ2) is 8.94. The first-order valence-electron chi connectivity index (χ1n) is 9.99. The van der Waals surface area contributed by atoms with E-state index >= 15 is 0 Å². The fraction of sp³-hybridized carbons (Fsp3) is 0.240. The lowest BCUT2D eigenvalue weighted by molar-refractivity contribution is -0.139. The van der Waals surface area contributed by atoms with Crippen LogP contribution in [0.2, 0.25) is 5.04 Å². The smallest absolute Gasteiger partial charge is 0.313 e. The van der Waals surface area contributed by atoms with Crippen LogP contribution in [0.3, 0.4) is 0 Å². The molecule has 3 rings (SSSR count). The van der Waals surface area contributed by atoms with Crippen LogP contribution < -0.4 is 10.4 Å². The molecule has 3 aromatic rings. The molecule has 1 N–H and O–H groups in total. The van der Waals surface area contributed by atoms with Crippen molar-refractivity contribution < 1.29 is 18.7 Å². The minimum absolute atomic E-state index is 0.00818. The number of carbonyl (C=O) groups is 1. The summed E-state index contributed by atoms with van der Waals surface area (Å²) in [4.78, 5) is 12.1. The zero-order chi connectivity index (χ0) is 21.8. The number of benzene rings is 3. The van der Waals surface area contributed by atoms with Gasteiger partial charge < -0.3 is 9.53 Å². The van der Waals surface area contributed by atoms with Crippen molar-refractivity contribution in [2.24, 2.45) is 0 Å². The number of aliphatic carboxylic acids is 1. The predicted molar refractivity (Wildman–Crippen MR) is 120 cm³/mol. The molecule has 0 spiro atoms. The van der Waals surface area contributed by atoms with Gasteiger partial charge in [0.1, 0.15) is 11.7 Å². The van der Waals surface area contributed by atoms with E-state index in [9.17, 15) is 14.3 Å². The molecule has 0 fully saturated rings. The van der Waals surface area contributed by atoms with Crippen molar-refractivity contribution in [3.05, 3.63) is 96.3 Å². The summed E-state index contributed by atoms with van der Waals surface area (Å²) < 4.78 is 20.1. The standard InChI is InChI=1S/C25H27FO3Si/c1-25(2,3)30(21-10-6-4-7-11-21,22-12-8-5-9-13-22)29-18-23(24(27)28)19-14-16-20(26)17-15-19/h4-17,23H,18H2,1-3H3,(H,27,28). The van der Waals surface area contributed by atoms with E-state index in [1.807, 2.05) is 36.4 Å². The van der Waals surface area contributed by atoms with Crippen molar-refractivity contribution in [2.75, 3.05) is 6.61 Å². The lowest BCUT2D eigenvalue weighted by Crippen LogP contribution is -2.67. The molecule has 1 unspecified atom stereocenters. The first-order valence-corrected chi connectivity index (χ1v) is 11.9. The van der Waals surface area contributed by atoms with Gasteiger partial charge in [-0.25, -0.2) is 4.39 Å². The summed E-state index contributed by atoms with van der Waals surface area (Å²) in [6.45, 7) is 6.45. The summed E-state index contributed by atoms with van der Waals surface area (Å²) in [5.41, 5.74) is 0.529. The number of hydrogen-bond donors (Lipinski definition) is 1. The molecular weight excluding hydrogens is 395 g/mol. The number of hydrogen-bond acceptors (Lipinski definition) is 2. The first kappa shape index (κ1) is 21.9. The van der Waals surface area contributed by atoms with Gasteiger partial charge >= 0.3 is 5.97 Å². The van der Waals surface area contributed by atoms with E-state index in [1.165, 1.54) is 24.3 Å². The lowest BCUT2D eigenvalue weighted by Gasteiger charge is -2.43.